The Morgan fingerprint density at radius 2 is 1.10 bits per heavy atom. The highest BCUT2D eigenvalue weighted by Crippen LogP contribution is 2.37. The number of rotatable bonds is 6. The second-order valence-corrected chi connectivity index (χ2v) is 10.8. The Labute approximate surface area is 241 Å². The summed E-state index contributed by atoms with van der Waals surface area (Å²) >= 11 is 0. The van der Waals surface area contributed by atoms with Crippen molar-refractivity contribution in [3.05, 3.63) is 130 Å². The molecule has 41 heavy (non-hydrogen) atoms. The topological polar surface area (TPSA) is 88.0 Å². The Hall–Kier alpha value is -4.29. The first-order valence-electron chi connectivity index (χ1n) is 14.4. The fraction of sp³-hybridized carbons (Fsp3) is 0.294. The van der Waals surface area contributed by atoms with Gasteiger partial charge in [-0.05, 0) is 77.7 Å². The van der Waals surface area contributed by atoms with Crippen LogP contribution >= 0.6 is 0 Å². The maximum absolute atomic E-state index is 10.2. The molecule has 0 aromatic heterocycles. The highest BCUT2D eigenvalue weighted by atomic mass is 16.6. The molecule has 4 aromatic rings. The first kappa shape index (κ1) is 26.9. The number of hydrogen-bond donors (Lipinski definition) is 1. The number of benzene rings is 4. The van der Waals surface area contributed by atoms with E-state index in [0.29, 0.717) is 12.6 Å². The van der Waals surface area contributed by atoms with Crippen LogP contribution in [0.3, 0.4) is 0 Å². The Balaban J connectivity index is 0.000000149. The van der Waals surface area contributed by atoms with Crippen molar-refractivity contribution < 1.29 is 9.84 Å². The largest absolute Gasteiger partial charge is 0.391 e. The van der Waals surface area contributed by atoms with Crippen LogP contribution in [0.4, 0.5) is 22.7 Å². The van der Waals surface area contributed by atoms with E-state index in [2.05, 4.69) is 92.6 Å². The molecule has 3 aliphatic heterocycles. The van der Waals surface area contributed by atoms with E-state index in [9.17, 15) is 5.11 Å². The Morgan fingerprint density at radius 1 is 0.707 bits per heavy atom. The lowest BCUT2D eigenvalue weighted by molar-refractivity contribution is 0.191. The molecule has 3 aliphatic rings. The van der Waals surface area contributed by atoms with Gasteiger partial charge in [-0.1, -0.05) is 77.9 Å². The number of nitrogens with zero attached hydrogens (tertiary/aromatic N) is 5. The van der Waals surface area contributed by atoms with Crippen molar-refractivity contribution in [2.45, 2.75) is 37.9 Å². The quantitative estimate of drug-likeness (QED) is 0.123. The molecule has 4 aromatic carbocycles. The van der Waals surface area contributed by atoms with Gasteiger partial charge in [0, 0.05) is 34.2 Å². The Bertz CT molecular complexity index is 1450. The van der Waals surface area contributed by atoms with Crippen molar-refractivity contribution in [3.8, 4) is 0 Å². The zero-order valence-electron chi connectivity index (χ0n) is 23.1. The van der Waals surface area contributed by atoms with E-state index >= 15 is 0 Å². The van der Waals surface area contributed by atoms with E-state index in [1.54, 1.807) is 0 Å². The molecule has 0 saturated carbocycles. The van der Waals surface area contributed by atoms with Crippen LogP contribution in [-0.4, -0.2) is 43.6 Å². The molecule has 3 heterocycles. The van der Waals surface area contributed by atoms with Gasteiger partial charge in [0.25, 0.3) is 0 Å². The monoisotopic (exact) mass is 545 g/mol. The highest BCUT2D eigenvalue weighted by molar-refractivity contribution is 5.72. The smallest absolute Gasteiger partial charge is 0.0988 e. The van der Waals surface area contributed by atoms with Crippen LogP contribution in [0.25, 0.3) is 10.4 Å². The summed E-state index contributed by atoms with van der Waals surface area (Å²) in [5.74, 6) is 0. The predicted octanol–water partition coefficient (Wildman–Crippen LogP) is 6.92. The summed E-state index contributed by atoms with van der Waals surface area (Å²) in [6, 6.07) is 34.1. The molecule has 1 saturated heterocycles. The summed E-state index contributed by atoms with van der Waals surface area (Å²) in [4.78, 5) is 7.30. The standard InChI is InChI=1S/C17H18N4O.C17H17NO/c18-20-19-11-15(22)12-21-16-7-3-1-5-13(16)9-10-14-6-2-4-8-17(14)21;1-3-7-16-13(5-1)9-10-14-6-2-4-8-17(14)18(16)11-15-12-19-15/h1-8,15,22H,9-12H2;1-8,15H,9-12H2. The summed E-state index contributed by atoms with van der Waals surface area (Å²) in [6.45, 7) is 2.36. The SMILES string of the molecule is [N-]=[N+]=NCC(O)CN1c2ccccc2CCc2ccccc21.c1ccc2c(c1)CCc1ccccc1N2CC1CO1. The lowest BCUT2D eigenvalue weighted by atomic mass is 10.0. The zero-order chi connectivity index (χ0) is 28.0. The number of anilines is 4. The summed E-state index contributed by atoms with van der Waals surface area (Å²) in [7, 11) is 0. The van der Waals surface area contributed by atoms with Crippen molar-refractivity contribution in [1.82, 2.24) is 0 Å². The molecule has 7 heteroatoms. The normalized spacial score (nSPS) is 17.1. The molecule has 7 rings (SSSR count). The van der Waals surface area contributed by atoms with Gasteiger partial charge in [-0.15, -0.1) is 0 Å². The number of azide groups is 1. The van der Waals surface area contributed by atoms with Crippen molar-refractivity contribution in [2.24, 2.45) is 5.11 Å². The third-order valence-corrected chi connectivity index (χ3v) is 7.99. The first-order valence-corrected chi connectivity index (χ1v) is 14.4. The van der Waals surface area contributed by atoms with Crippen LogP contribution in [-0.2, 0) is 30.4 Å². The minimum absolute atomic E-state index is 0.0807. The number of ether oxygens (including phenoxy) is 1. The van der Waals surface area contributed by atoms with E-state index in [1.807, 2.05) is 24.3 Å². The van der Waals surface area contributed by atoms with Gasteiger partial charge in [0.15, 0.2) is 0 Å². The number of epoxide rings is 1. The van der Waals surface area contributed by atoms with Gasteiger partial charge in [0.05, 0.1) is 31.9 Å². The van der Waals surface area contributed by atoms with E-state index < -0.39 is 6.10 Å². The van der Waals surface area contributed by atoms with Crippen molar-refractivity contribution in [2.75, 3.05) is 36.0 Å². The van der Waals surface area contributed by atoms with Gasteiger partial charge in [-0.3, -0.25) is 0 Å². The van der Waals surface area contributed by atoms with Crippen LogP contribution in [0, 0.1) is 0 Å². The zero-order valence-corrected chi connectivity index (χ0v) is 23.1. The van der Waals surface area contributed by atoms with Crippen molar-refractivity contribution >= 4 is 22.7 Å². The number of aliphatic hydroxyl groups excluding tert-OH is 1. The van der Waals surface area contributed by atoms with E-state index in [4.69, 9.17) is 10.3 Å². The number of β-amino-alcohol motifs (C(OH)–C–C–N with tert-alkyl or cyclic N) is 1. The summed E-state index contributed by atoms with van der Waals surface area (Å²) < 4.78 is 5.44. The molecule has 1 fully saturated rings. The van der Waals surface area contributed by atoms with Gasteiger partial charge < -0.3 is 19.6 Å². The lowest BCUT2D eigenvalue weighted by Gasteiger charge is -2.28. The third-order valence-electron chi connectivity index (χ3n) is 7.99. The summed E-state index contributed by atoms with van der Waals surface area (Å²) in [5, 5.41) is 13.6. The molecule has 0 spiro atoms. The Morgan fingerprint density at radius 3 is 1.49 bits per heavy atom. The van der Waals surface area contributed by atoms with Crippen LogP contribution in [0.5, 0.6) is 0 Å². The molecule has 0 bridgehead atoms. The first-order chi connectivity index (χ1) is 20.2. The Kier molecular flexibility index (Phi) is 8.19. The summed E-state index contributed by atoms with van der Waals surface area (Å²) in [6.07, 6.45) is 3.91. The van der Waals surface area contributed by atoms with Gasteiger partial charge in [0.1, 0.15) is 0 Å². The maximum Gasteiger partial charge on any atom is 0.0988 e. The molecule has 7 nitrogen and oxygen atoms in total. The van der Waals surface area contributed by atoms with E-state index in [1.165, 1.54) is 33.6 Å². The van der Waals surface area contributed by atoms with Gasteiger partial charge in [-0.25, -0.2) is 0 Å². The minimum Gasteiger partial charge on any atom is -0.391 e. The molecule has 208 valence electrons. The number of fused-ring (bicyclic) bond motifs is 4. The molecule has 2 atom stereocenters. The lowest BCUT2D eigenvalue weighted by Crippen LogP contribution is -2.31. The number of aryl methyl sites for hydroxylation is 4. The van der Waals surface area contributed by atoms with Crippen LogP contribution < -0.4 is 9.80 Å². The number of hydrogen-bond acceptors (Lipinski definition) is 5. The molecular formula is C34H35N5O2. The predicted molar refractivity (Wildman–Crippen MR) is 164 cm³/mol. The third kappa shape index (κ3) is 6.23. The molecule has 0 amide bonds. The van der Waals surface area contributed by atoms with E-state index in [0.717, 1.165) is 50.2 Å². The number of para-hydroxylation sites is 4. The van der Waals surface area contributed by atoms with Gasteiger partial charge in [-0.2, -0.15) is 0 Å². The second kappa shape index (κ2) is 12.5. The molecule has 1 N–H and O–H groups in total. The van der Waals surface area contributed by atoms with Crippen molar-refractivity contribution in [3.63, 3.8) is 0 Å². The highest BCUT2D eigenvalue weighted by Gasteiger charge is 2.29. The summed E-state index contributed by atoms with van der Waals surface area (Å²) in [5.41, 5.74) is 18.8. The van der Waals surface area contributed by atoms with Crippen LogP contribution in [0.15, 0.2) is 102 Å². The second-order valence-electron chi connectivity index (χ2n) is 10.8. The minimum atomic E-state index is -0.699. The average molecular weight is 546 g/mol. The molecular weight excluding hydrogens is 510 g/mol. The number of aliphatic hydroxyl groups is 1. The fourth-order valence-electron chi connectivity index (χ4n) is 5.91. The molecule has 0 radical (unpaired) electrons. The van der Waals surface area contributed by atoms with Crippen LogP contribution in [0.1, 0.15) is 22.3 Å². The maximum atomic E-state index is 10.2. The fourth-order valence-corrected chi connectivity index (χ4v) is 5.91. The van der Waals surface area contributed by atoms with Gasteiger partial charge in [0.2, 0.25) is 0 Å². The average Bonchev–Trinajstić information content (AvgIpc) is 3.87. The van der Waals surface area contributed by atoms with E-state index in [-0.39, 0.29) is 6.54 Å². The van der Waals surface area contributed by atoms with Gasteiger partial charge >= 0.3 is 0 Å². The molecule has 0 aliphatic carbocycles. The molecule has 2 unspecified atom stereocenters. The van der Waals surface area contributed by atoms with Crippen molar-refractivity contribution in [1.29, 1.82) is 0 Å². The van der Waals surface area contributed by atoms with Crippen LogP contribution in [0.2, 0.25) is 0 Å².